The van der Waals surface area contributed by atoms with Crippen LogP contribution in [0.3, 0.4) is 0 Å². The van der Waals surface area contributed by atoms with Gasteiger partial charge in [-0.1, -0.05) is 6.07 Å². The predicted octanol–water partition coefficient (Wildman–Crippen LogP) is 1.24. The second-order valence-corrected chi connectivity index (χ2v) is 4.15. The lowest BCUT2D eigenvalue weighted by Crippen LogP contribution is -2.34. The molecule has 0 aliphatic carbocycles. The number of rotatable bonds is 7. The van der Waals surface area contributed by atoms with E-state index in [0.717, 1.165) is 0 Å². The number of phenolic OH excluding ortho intramolecular Hbond substituents is 1. The highest BCUT2D eigenvalue weighted by Crippen LogP contribution is 2.28. The van der Waals surface area contributed by atoms with Crippen LogP contribution in [-0.4, -0.2) is 43.3 Å². The number of aromatic hydroxyl groups is 1. The number of para-hydroxylation sites is 1. The van der Waals surface area contributed by atoms with Crippen molar-refractivity contribution in [3.63, 3.8) is 0 Å². The summed E-state index contributed by atoms with van der Waals surface area (Å²) in [4.78, 5) is 0. The van der Waals surface area contributed by atoms with E-state index in [1.807, 2.05) is 6.92 Å². The van der Waals surface area contributed by atoms with E-state index in [0.29, 0.717) is 36.2 Å². The highest BCUT2D eigenvalue weighted by Gasteiger charge is 2.05. The Balaban J connectivity index is 2.53. The molecule has 1 aromatic rings. The van der Waals surface area contributed by atoms with Gasteiger partial charge >= 0.3 is 0 Å². The van der Waals surface area contributed by atoms with E-state index in [9.17, 15) is 5.11 Å². The third kappa shape index (κ3) is 5.41. The Morgan fingerprint density at radius 2 is 2.30 bits per heavy atom. The molecule has 0 saturated carbocycles. The van der Waals surface area contributed by atoms with Gasteiger partial charge in [0, 0.05) is 19.2 Å². The summed E-state index contributed by atoms with van der Waals surface area (Å²) in [5.74, 6) is 0.482. The zero-order valence-electron chi connectivity index (χ0n) is 11.5. The number of benzene rings is 1. The molecule has 0 amide bonds. The van der Waals surface area contributed by atoms with E-state index < -0.39 is 0 Å². The number of nitrogens with zero attached hydrogens (tertiary/aromatic N) is 1. The zero-order valence-corrected chi connectivity index (χ0v) is 12.4. The first-order valence-corrected chi connectivity index (χ1v) is 6.60. The number of phenols is 1. The van der Waals surface area contributed by atoms with Crippen LogP contribution in [0, 0.1) is 0 Å². The summed E-state index contributed by atoms with van der Waals surface area (Å²) in [6.07, 6.45) is 1.47. The topological polar surface area (TPSA) is 75.1 Å². The third-order valence-corrected chi connectivity index (χ3v) is 2.53. The summed E-state index contributed by atoms with van der Waals surface area (Å²) >= 11 is 5.00. The van der Waals surface area contributed by atoms with Gasteiger partial charge in [-0.25, -0.2) is 0 Å². The van der Waals surface area contributed by atoms with Gasteiger partial charge in [-0.3, -0.25) is 5.43 Å². The van der Waals surface area contributed by atoms with Gasteiger partial charge in [-0.15, -0.1) is 0 Å². The molecule has 1 rings (SSSR count). The van der Waals surface area contributed by atoms with Crippen molar-refractivity contribution in [3.8, 4) is 11.5 Å². The van der Waals surface area contributed by atoms with Crippen LogP contribution in [0.5, 0.6) is 11.5 Å². The zero-order chi connectivity index (χ0) is 14.8. The van der Waals surface area contributed by atoms with Crippen LogP contribution < -0.4 is 15.5 Å². The molecule has 0 spiro atoms. The molecular weight excluding hydrogens is 278 g/mol. The highest BCUT2D eigenvalue weighted by atomic mass is 32.1. The van der Waals surface area contributed by atoms with Gasteiger partial charge in [0.2, 0.25) is 0 Å². The van der Waals surface area contributed by atoms with Crippen molar-refractivity contribution in [1.29, 1.82) is 0 Å². The minimum atomic E-state index is 0.0539. The Kier molecular flexibility index (Phi) is 7.38. The molecule has 1 aromatic carbocycles. The molecule has 0 radical (unpaired) electrons. The highest BCUT2D eigenvalue weighted by molar-refractivity contribution is 7.80. The van der Waals surface area contributed by atoms with Crippen LogP contribution in [0.4, 0.5) is 0 Å². The summed E-state index contributed by atoms with van der Waals surface area (Å²) < 4.78 is 10.2. The smallest absolute Gasteiger partial charge is 0.187 e. The van der Waals surface area contributed by atoms with Crippen molar-refractivity contribution in [3.05, 3.63) is 23.8 Å². The molecule has 0 fully saturated rings. The van der Waals surface area contributed by atoms with Crippen LogP contribution in [0.2, 0.25) is 0 Å². The molecule has 0 heterocycles. The van der Waals surface area contributed by atoms with Crippen molar-refractivity contribution in [1.82, 2.24) is 10.7 Å². The normalized spacial score (nSPS) is 10.5. The molecule has 0 aliphatic rings. The molecule has 0 unspecified atom stereocenters. The number of nitrogens with one attached hydrogen (secondary N) is 2. The molecular formula is C13H19N3O3S. The molecule has 0 saturated heterocycles. The number of methoxy groups -OCH3 is 1. The fourth-order valence-corrected chi connectivity index (χ4v) is 1.54. The van der Waals surface area contributed by atoms with Crippen molar-refractivity contribution >= 4 is 23.5 Å². The van der Waals surface area contributed by atoms with E-state index in [1.54, 1.807) is 25.3 Å². The first-order chi connectivity index (χ1) is 9.69. The third-order valence-electron chi connectivity index (χ3n) is 2.29. The minimum Gasteiger partial charge on any atom is -0.504 e. The molecule has 3 N–H and O–H groups in total. The minimum absolute atomic E-state index is 0.0539. The maximum Gasteiger partial charge on any atom is 0.187 e. The summed E-state index contributed by atoms with van der Waals surface area (Å²) in [6, 6.07) is 5.20. The second kappa shape index (κ2) is 9.11. The fourth-order valence-electron chi connectivity index (χ4n) is 1.38. The molecule has 0 bridgehead atoms. The largest absolute Gasteiger partial charge is 0.504 e. The van der Waals surface area contributed by atoms with Gasteiger partial charge in [-0.2, -0.15) is 5.10 Å². The standard InChI is InChI=1S/C13H19N3O3S/c1-3-19-11-6-4-5-10(12(11)17)9-15-16-13(20)14-7-8-18-2/h4-6,9,17H,3,7-8H2,1-2H3,(H2,14,16,20)/b15-9+. The second-order valence-electron chi connectivity index (χ2n) is 3.75. The summed E-state index contributed by atoms with van der Waals surface area (Å²) in [5.41, 5.74) is 3.20. The molecule has 7 heteroatoms. The summed E-state index contributed by atoms with van der Waals surface area (Å²) in [6.45, 7) is 3.50. The number of thiocarbonyl (C=S) groups is 1. The average Bonchev–Trinajstić information content (AvgIpc) is 2.43. The molecule has 6 nitrogen and oxygen atoms in total. The maximum atomic E-state index is 9.95. The quantitative estimate of drug-likeness (QED) is 0.304. The lowest BCUT2D eigenvalue weighted by atomic mass is 10.2. The first kappa shape index (κ1) is 16.2. The number of hydrogen-bond acceptors (Lipinski definition) is 5. The number of hydrogen-bond donors (Lipinski definition) is 3. The lowest BCUT2D eigenvalue weighted by molar-refractivity contribution is 0.204. The fraction of sp³-hybridized carbons (Fsp3) is 0.385. The van der Waals surface area contributed by atoms with Crippen molar-refractivity contribution in [2.24, 2.45) is 5.10 Å². The molecule has 0 atom stereocenters. The number of hydrazone groups is 1. The van der Waals surface area contributed by atoms with Crippen LogP contribution >= 0.6 is 12.2 Å². The van der Waals surface area contributed by atoms with Crippen LogP contribution in [0.1, 0.15) is 12.5 Å². The Morgan fingerprint density at radius 3 is 3.00 bits per heavy atom. The Hall–Kier alpha value is -1.86. The van der Waals surface area contributed by atoms with Gasteiger partial charge in [-0.05, 0) is 31.3 Å². The van der Waals surface area contributed by atoms with E-state index in [1.165, 1.54) is 6.21 Å². The van der Waals surface area contributed by atoms with E-state index >= 15 is 0 Å². The number of ether oxygens (including phenoxy) is 2. The average molecular weight is 297 g/mol. The summed E-state index contributed by atoms with van der Waals surface area (Å²) in [7, 11) is 1.62. The van der Waals surface area contributed by atoms with Crippen LogP contribution in [0.15, 0.2) is 23.3 Å². The van der Waals surface area contributed by atoms with Gasteiger partial charge in [0.05, 0.1) is 19.4 Å². The van der Waals surface area contributed by atoms with Gasteiger partial charge in [0.25, 0.3) is 0 Å². The van der Waals surface area contributed by atoms with Crippen molar-refractivity contribution in [2.75, 3.05) is 26.9 Å². The van der Waals surface area contributed by atoms with Crippen molar-refractivity contribution in [2.45, 2.75) is 6.92 Å². The first-order valence-electron chi connectivity index (χ1n) is 6.19. The molecule has 0 aromatic heterocycles. The van der Waals surface area contributed by atoms with Crippen LogP contribution in [0.25, 0.3) is 0 Å². The van der Waals surface area contributed by atoms with E-state index in [2.05, 4.69) is 15.8 Å². The van der Waals surface area contributed by atoms with Gasteiger partial charge < -0.3 is 19.9 Å². The Bertz CT molecular complexity index is 466. The maximum absolute atomic E-state index is 9.95. The van der Waals surface area contributed by atoms with Crippen molar-refractivity contribution < 1.29 is 14.6 Å². The Morgan fingerprint density at radius 1 is 1.50 bits per heavy atom. The van der Waals surface area contributed by atoms with Gasteiger partial charge in [0.1, 0.15) is 0 Å². The molecule has 20 heavy (non-hydrogen) atoms. The van der Waals surface area contributed by atoms with Gasteiger partial charge in [0.15, 0.2) is 16.6 Å². The van der Waals surface area contributed by atoms with E-state index in [4.69, 9.17) is 21.7 Å². The predicted molar refractivity (Wildman–Crippen MR) is 82.5 cm³/mol. The lowest BCUT2D eigenvalue weighted by Gasteiger charge is -2.08. The van der Waals surface area contributed by atoms with Crippen LogP contribution in [-0.2, 0) is 4.74 Å². The monoisotopic (exact) mass is 297 g/mol. The molecule has 0 aliphatic heterocycles. The summed E-state index contributed by atoms with van der Waals surface area (Å²) in [5, 5.41) is 17.2. The Labute approximate surface area is 123 Å². The molecule has 110 valence electrons. The van der Waals surface area contributed by atoms with E-state index in [-0.39, 0.29) is 5.75 Å². The SMILES string of the molecule is CCOc1cccc(/C=N/NC(=S)NCCOC)c1O.